The Bertz CT molecular complexity index is 1140. The molecule has 8 nitrogen and oxygen atoms in total. The van der Waals surface area contributed by atoms with E-state index in [1.807, 2.05) is 0 Å². The molecular weight excluding hydrogens is 501 g/mol. The average Bonchev–Trinajstić information content (AvgIpc) is 3.62. The lowest BCUT2D eigenvalue weighted by Crippen LogP contribution is -2.46. The number of ether oxygens (including phenoxy) is 2. The Balaban J connectivity index is 1.16. The molecule has 2 aromatic heterocycles. The molecule has 2 aliphatic heterocycles. The summed E-state index contributed by atoms with van der Waals surface area (Å²) >= 11 is 0. The van der Waals surface area contributed by atoms with Crippen molar-refractivity contribution in [3.05, 3.63) is 35.1 Å². The minimum Gasteiger partial charge on any atom is -0.464 e. The second-order valence-electron chi connectivity index (χ2n) is 11.2. The summed E-state index contributed by atoms with van der Waals surface area (Å²) in [5.74, 6) is -0.856. The Hall–Kier alpha value is -2.69. The molecule has 0 amide bonds. The van der Waals surface area contributed by atoms with E-state index in [1.165, 1.54) is 13.3 Å². The van der Waals surface area contributed by atoms with E-state index in [0.29, 0.717) is 18.5 Å². The van der Waals surface area contributed by atoms with Gasteiger partial charge in [0.15, 0.2) is 5.69 Å². The summed E-state index contributed by atoms with van der Waals surface area (Å²) in [7, 11) is 1.31. The molecule has 4 fully saturated rings. The molecule has 0 aromatic carbocycles. The maximum Gasteiger partial charge on any atom is 0.392 e. The van der Waals surface area contributed by atoms with E-state index in [9.17, 15) is 18.0 Å². The van der Waals surface area contributed by atoms with Crippen molar-refractivity contribution in [2.75, 3.05) is 12.0 Å². The molecule has 1 unspecified atom stereocenters. The number of alkyl halides is 3. The van der Waals surface area contributed by atoms with Gasteiger partial charge < -0.3 is 18.9 Å². The van der Waals surface area contributed by atoms with Gasteiger partial charge in [-0.25, -0.2) is 14.8 Å². The van der Waals surface area contributed by atoms with Crippen LogP contribution in [0.15, 0.2) is 16.9 Å². The van der Waals surface area contributed by atoms with Crippen LogP contribution in [0, 0.1) is 5.92 Å². The molecule has 2 aliphatic carbocycles. The third-order valence-electron chi connectivity index (χ3n) is 8.79. The molecule has 5 atom stereocenters. The largest absolute Gasteiger partial charge is 0.464 e. The monoisotopic (exact) mass is 534 g/mol. The van der Waals surface area contributed by atoms with Crippen LogP contribution in [0.2, 0.25) is 0 Å². The number of piperidine rings is 1. The Labute approximate surface area is 219 Å². The fraction of sp³-hybridized carbons (Fsp3) is 0.704. The van der Waals surface area contributed by atoms with Crippen molar-refractivity contribution in [2.45, 2.75) is 107 Å². The van der Waals surface area contributed by atoms with Crippen LogP contribution in [0.25, 0.3) is 0 Å². The van der Waals surface area contributed by atoms with Crippen LogP contribution < -0.4 is 4.90 Å². The van der Waals surface area contributed by atoms with Crippen LogP contribution in [0.3, 0.4) is 0 Å². The Kier molecular flexibility index (Phi) is 6.82. The number of methoxy groups -OCH3 is 1. The third-order valence-corrected chi connectivity index (χ3v) is 8.79. The second kappa shape index (κ2) is 10.1. The van der Waals surface area contributed by atoms with Gasteiger partial charge in [0.1, 0.15) is 11.6 Å². The van der Waals surface area contributed by atoms with Gasteiger partial charge in [-0.1, -0.05) is 18.0 Å². The van der Waals surface area contributed by atoms with Gasteiger partial charge in [-0.3, -0.25) is 0 Å². The molecule has 0 N–H and O–H groups in total. The highest BCUT2D eigenvalue weighted by Gasteiger charge is 2.49. The maximum absolute atomic E-state index is 13.9. The number of nitrogens with zero attached hydrogens (tertiary/aromatic N) is 4. The Morgan fingerprint density at radius 3 is 2.42 bits per heavy atom. The highest BCUT2D eigenvalue weighted by Crippen LogP contribution is 2.50. The standard InChI is InChI=1S/C27H33F3N4O4/c1-36-26(35)22-12-32-23(13-31-22)34-16-8-9-17(34)11-18(10-16)37-14-20-24(33-38-25(20)15-6-7-15)19-4-2-3-5-21(19)27(28,29)30/h12-13,15-19,21H,2-11,14H2,1H3/t16-,17+,18?,19-,21-/m0/s1. The number of halogens is 3. The number of hydrogen-bond donors (Lipinski definition) is 0. The summed E-state index contributed by atoms with van der Waals surface area (Å²) in [4.78, 5) is 22.6. The first-order valence-electron chi connectivity index (χ1n) is 13.7. The van der Waals surface area contributed by atoms with Crippen LogP contribution in [0.5, 0.6) is 0 Å². The van der Waals surface area contributed by atoms with Gasteiger partial charge >= 0.3 is 12.1 Å². The number of aromatic nitrogens is 3. The number of rotatable bonds is 7. The maximum atomic E-state index is 13.9. The van der Waals surface area contributed by atoms with Crippen molar-refractivity contribution in [3.63, 3.8) is 0 Å². The first-order chi connectivity index (χ1) is 18.3. The number of anilines is 1. The highest BCUT2D eigenvalue weighted by atomic mass is 19.4. The molecule has 38 heavy (non-hydrogen) atoms. The number of carbonyl (C=O) groups excluding carboxylic acids is 1. The minimum absolute atomic E-state index is 0.00868. The summed E-state index contributed by atoms with van der Waals surface area (Å²) < 4.78 is 58.5. The van der Waals surface area contributed by atoms with E-state index < -0.39 is 24.0 Å². The molecular formula is C27H33F3N4O4. The van der Waals surface area contributed by atoms with E-state index in [0.717, 1.165) is 62.1 Å². The predicted molar refractivity (Wildman–Crippen MR) is 130 cm³/mol. The smallest absolute Gasteiger partial charge is 0.392 e. The second-order valence-corrected chi connectivity index (χ2v) is 11.2. The molecule has 2 aromatic rings. The summed E-state index contributed by atoms with van der Waals surface area (Å²) in [6.07, 6.45) is 6.36. The lowest BCUT2D eigenvalue weighted by molar-refractivity contribution is -0.187. The molecule has 6 rings (SSSR count). The first-order valence-corrected chi connectivity index (χ1v) is 13.7. The van der Waals surface area contributed by atoms with E-state index in [-0.39, 0.29) is 42.8 Å². The molecule has 0 spiro atoms. The van der Waals surface area contributed by atoms with Gasteiger partial charge in [-0.05, 0) is 51.4 Å². The molecule has 11 heteroatoms. The summed E-state index contributed by atoms with van der Waals surface area (Å²) in [6, 6.07) is 0.463. The first kappa shape index (κ1) is 25.6. The van der Waals surface area contributed by atoms with Crippen molar-refractivity contribution >= 4 is 11.8 Å². The molecule has 206 valence electrons. The topological polar surface area (TPSA) is 90.6 Å². The van der Waals surface area contributed by atoms with Crippen molar-refractivity contribution in [2.24, 2.45) is 5.92 Å². The number of carbonyl (C=O) groups is 1. The van der Waals surface area contributed by atoms with Crippen molar-refractivity contribution in [3.8, 4) is 0 Å². The van der Waals surface area contributed by atoms with E-state index in [4.69, 9.17) is 14.0 Å². The number of esters is 1. The fourth-order valence-electron chi connectivity index (χ4n) is 6.79. The summed E-state index contributed by atoms with van der Waals surface area (Å²) in [5.41, 5.74) is 1.39. The Morgan fingerprint density at radius 1 is 1.05 bits per heavy atom. The molecule has 4 heterocycles. The van der Waals surface area contributed by atoms with E-state index in [1.54, 1.807) is 6.20 Å². The van der Waals surface area contributed by atoms with Crippen molar-refractivity contribution in [1.29, 1.82) is 0 Å². The zero-order valence-corrected chi connectivity index (χ0v) is 21.5. The van der Waals surface area contributed by atoms with Crippen LogP contribution in [0.1, 0.15) is 104 Å². The minimum atomic E-state index is -4.24. The third kappa shape index (κ3) is 4.89. The van der Waals surface area contributed by atoms with Crippen LogP contribution in [-0.4, -0.2) is 52.6 Å². The SMILES string of the molecule is COC(=O)c1cnc(N2[C@@H]3CC[C@H]2CC(OCc2c([C@H]4CCCC[C@@H]4C(F)(F)F)noc2C2CC2)C3)cn1. The van der Waals surface area contributed by atoms with Crippen molar-refractivity contribution in [1.82, 2.24) is 15.1 Å². The summed E-state index contributed by atoms with van der Waals surface area (Å²) in [5, 5.41) is 4.24. The predicted octanol–water partition coefficient (Wildman–Crippen LogP) is 5.68. The van der Waals surface area contributed by atoms with Crippen LogP contribution in [0.4, 0.5) is 19.0 Å². The van der Waals surface area contributed by atoms with E-state index in [2.05, 4.69) is 20.0 Å². The average molecular weight is 535 g/mol. The number of fused-ring (bicyclic) bond motifs is 2. The molecule has 2 saturated heterocycles. The van der Waals surface area contributed by atoms with Gasteiger partial charge in [-0.15, -0.1) is 0 Å². The van der Waals surface area contributed by atoms with Gasteiger partial charge in [0.25, 0.3) is 0 Å². The van der Waals surface area contributed by atoms with Crippen LogP contribution >= 0.6 is 0 Å². The fourth-order valence-corrected chi connectivity index (χ4v) is 6.79. The van der Waals surface area contributed by atoms with Crippen molar-refractivity contribution < 1.29 is 32.0 Å². The van der Waals surface area contributed by atoms with E-state index >= 15 is 0 Å². The normalized spacial score (nSPS) is 29.5. The van der Waals surface area contributed by atoms with Gasteiger partial charge in [0.2, 0.25) is 0 Å². The lowest BCUT2D eigenvalue weighted by Gasteiger charge is -2.39. The molecule has 2 saturated carbocycles. The summed E-state index contributed by atoms with van der Waals surface area (Å²) in [6.45, 7) is 0.240. The number of hydrogen-bond acceptors (Lipinski definition) is 8. The van der Waals surface area contributed by atoms with Gasteiger partial charge in [0.05, 0.1) is 43.8 Å². The molecule has 2 bridgehead atoms. The van der Waals surface area contributed by atoms with Gasteiger partial charge in [0, 0.05) is 29.5 Å². The Morgan fingerprint density at radius 2 is 1.79 bits per heavy atom. The zero-order valence-electron chi connectivity index (χ0n) is 21.5. The molecule has 4 aliphatic rings. The highest BCUT2D eigenvalue weighted by molar-refractivity contribution is 5.86. The molecule has 0 radical (unpaired) electrons. The quantitative estimate of drug-likeness (QED) is 0.419. The zero-order chi connectivity index (χ0) is 26.4. The van der Waals surface area contributed by atoms with Crippen LogP contribution in [-0.2, 0) is 16.1 Å². The lowest BCUT2D eigenvalue weighted by atomic mass is 9.76. The van der Waals surface area contributed by atoms with Gasteiger partial charge in [-0.2, -0.15) is 13.2 Å².